The van der Waals surface area contributed by atoms with Crippen LogP contribution in [0, 0.1) is 13.8 Å². The van der Waals surface area contributed by atoms with Crippen LogP contribution in [0.15, 0.2) is 30.6 Å². The molecule has 2 aromatic rings. The summed E-state index contributed by atoms with van der Waals surface area (Å²) < 4.78 is 2.14. The minimum absolute atomic E-state index is 0.375. The number of benzene rings is 1. The van der Waals surface area contributed by atoms with Crippen LogP contribution in [0.1, 0.15) is 36.8 Å². The molecule has 1 atom stereocenters. The first-order valence-corrected chi connectivity index (χ1v) is 6.47. The summed E-state index contributed by atoms with van der Waals surface area (Å²) in [7, 11) is 0. The van der Waals surface area contributed by atoms with Crippen LogP contribution in [0.5, 0.6) is 0 Å². The zero-order valence-corrected chi connectivity index (χ0v) is 11.6. The predicted octanol–water partition coefficient (Wildman–Crippen LogP) is 3.16. The second kappa shape index (κ2) is 5.36. The summed E-state index contributed by atoms with van der Waals surface area (Å²) in [5.74, 6) is 0. The Morgan fingerprint density at radius 2 is 2.11 bits per heavy atom. The summed E-state index contributed by atoms with van der Waals surface area (Å²) in [5.41, 5.74) is 4.76. The molecule has 1 N–H and O–H groups in total. The van der Waals surface area contributed by atoms with Crippen molar-refractivity contribution in [1.82, 2.24) is 14.9 Å². The van der Waals surface area contributed by atoms with E-state index in [1.807, 2.05) is 13.3 Å². The van der Waals surface area contributed by atoms with E-state index in [1.165, 1.54) is 16.9 Å². The molecule has 1 aromatic carbocycles. The molecule has 2 rings (SSSR count). The minimum atomic E-state index is 0.375. The van der Waals surface area contributed by atoms with Crippen LogP contribution in [0.3, 0.4) is 0 Å². The van der Waals surface area contributed by atoms with E-state index in [0.717, 1.165) is 12.2 Å². The van der Waals surface area contributed by atoms with Gasteiger partial charge in [0.1, 0.15) is 0 Å². The molecule has 0 saturated heterocycles. The van der Waals surface area contributed by atoms with Gasteiger partial charge in [-0.2, -0.15) is 0 Å². The van der Waals surface area contributed by atoms with Crippen molar-refractivity contribution in [2.24, 2.45) is 0 Å². The number of hydrogen-bond acceptors (Lipinski definition) is 2. The van der Waals surface area contributed by atoms with Gasteiger partial charge in [-0.15, -0.1) is 0 Å². The molecule has 96 valence electrons. The first-order chi connectivity index (χ1) is 8.63. The lowest BCUT2D eigenvalue weighted by Crippen LogP contribution is -2.17. The van der Waals surface area contributed by atoms with Gasteiger partial charge in [-0.05, 0) is 45.0 Å². The van der Waals surface area contributed by atoms with Crippen molar-refractivity contribution in [3.63, 3.8) is 0 Å². The monoisotopic (exact) mass is 243 g/mol. The molecular weight excluding hydrogens is 222 g/mol. The Labute approximate surface area is 109 Å². The smallest absolute Gasteiger partial charge is 0.0997 e. The van der Waals surface area contributed by atoms with Crippen molar-refractivity contribution >= 4 is 0 Å². The molecule has 0 spiro atoms. The lowest BCUT2D eigenvalue weighted by Gasteiger charge is -2.14. The Kier molecular flexibility index (Phi) is 3.82. The van der Waals surface area contributed by atoms with E-state index in [4.69, 9.17) is 0 Å². The van der Waals surface area contributed by atoms with Crippen molar-refractivity contribution in [1.29, 1.82) is 0 Å². The highest BCUT2D eigenvalue weighted by Crippen LogP contribution is 2.19. The average molecular weight is 243 g/mol. The van der Waals surface area contributed by atoms with E-state index in [1.54, 1.807) is 0 Å². The average Bonchev–Trinajstić information content (AvgIpc) is 2.71. The van der Waals surface area contributed by atoms with Crippen LogP contribution in [0.2, 0.25) is 0 Å². The van der Waals surface area contributed by atoms with Crippen LogP contribution in [-0.2, 0) is 0 Å². The third-order valence-corrected chi connectivity index (χ3v) is 3.41. The number of nitrogens with zero attached hydrogens (tertiary/aromatic N) is 2. The molecule has 0 aliphatic carbocycles. The van der Waals surface area contributed by atoms with E-state index >= 15 is 0 Å². The molecule has 1 heterocycles. The molecule has 0 saturated carbocycles. The Hall–Kier alpha value is -1.61. The topological polar surface area (TPSA) is 29.9 Å². The van der Waals surface area contributed by atoms with Gasteiger partial charge in [0, 0.05) is 17.4 Å². The molecule has 1 aromatic heterocycles. The predicted molar refractivity (Wildman–Crippen MR) is 75.1 cm³/mol. The van der Waals surface area contributed by atoms with Gasteiger partial charge in [-0.25, -0.2) is 4.98 Å². The standard InChI is InChI=1S/C15H21N3/c1-5-16-12(3)14-7-6-8-15(9-14)18-10-17-11(2)13(18)4/h6-10,12,16H,5H2,1-4H3. The fourth-order valence-electron chi connectivity index (χ4n) is 2.13. The number of aromatic nitrogens is 2. The van der Waals surface area contributed by atoms with Crippen LogP contribution < -0.4 is 5.32 Å². The van der Waals surface area contributed by atoms with Gasteiger partial charge >= 0.3 is 0 Å². The van der Waals surface area contributed by atoms with Gasteiger partial charge < -0.3 is 9.88 Å². The van der Waals surface area contributed by atoms with Crippen LogP contribution in [0.25, 0.3) is 5.69 Å². The van der Waals surface area contributed by atoms with Gasteiger partial charge in [0.15, 0.2) is 0 Å². The first-order valence-electron chi connectivity index (χ1n) is 6.47. The highest BCUT2D eigenvalue weighted by molar-refractivity contribution is 5.39. The largest absolute Gasteiger partial charge is 0.310 e. The lowest BCUT2D eigenvalue weighted by molar-refractivity contribution is 0.598. The summed E-state index contributed by atoms with van der Waals surface area (Å²) in [6.45, 7) is 9.44. The molecular formula is C15H21N3. The van der Waals surface area contributed by atoms with Crippen LogP contribution >= 0.6 is 0 Å². The normalized spacial score (nSPS) is 12.7. The fourth-order valence-corrected chi connectivity index (χ4v) is 2.13. The Morgan fingerprint density at radius 3 is 2.72 bits per heavy atom. The van der Waals surface area contributed by atoms with Gasteiger partial charge in [0.2, 0.25) is 0 Å². The maximum absolute atomic E-state index is 4.35. The van der Waals surface area contributed by atoms with Gasteiger partial charge in [-0.1, -0.05) is 19.1 Å². The lowest BCUT2D eigenvalue weighted by atomic mass is 10.1. The van der Waals surface area contributed by atoms with E-state index in [0.29, 0.717) is 6.04 Å². The molecule has 0 bridgehead atoms. The molecule has 0 fully saturated rings. The number of aryl methyl sites for hydroxylation is 1. The number of hydrogen-bond donors (Lipinski definition) is 1. The second-order valence-corrected chi connectivity index (χ2v) is 4.66. The second-order valence-electron chi connectivity index (χ2n) is 4.66. The summed E-state index contributed by atoms with van der Waals surface area (Å²) in [5, 5.41) is 3.44. The summed E-state index contributed by atoms with van der Waals surface area (Å²) in [6, 6.07) is 8.99. The van der Waals surface area contributed by atoms with E-state index in [2.05, 4.69) is 59.9 Å². The zero-order chi connectivity index (χ0) is 13.1. The molecule has 0 aliphatic rings. The zero-order valence-electron chi connectivity index (χ0n) is 11.6. The Balaban J connectivity index is 2.35. The molecule has 1 unspecified atom stereocenters. The molecule has 3 nitrogen and oxygen atoms in total. The first kappa shape index (κ1) is 12.8. The van der Waals surface area contributed by atoms with Crippen molar-refractivity contribution < 1.29 is 0 Å². The summed E-state index contributed by atoms with van der Waals surface area (Å²) in [4.78, 5) is 4.35. The maximum Gasteiger partial charge on any atom is 0.0997 e. The highest BCUT2D eigenvalue weighted by atomic mass is 15.1. The van der Waals surface area contributed by atoms with Crippen molar-refractivity contribution in [3.8, 4) is 5.69 Å². The van der Waals surface area contributed by atoms with Crippen molar-refractivity contribution in [2.45, 2.75) is 33.7 Å². The molecule has 0 amide bonds. The van der Waals surface area contributed by atoms with Gasteiger partial charge in [0.05, 0.1) is 12.0 Å². The summed E-state index contributed by atoms with van der Waals surface area (Å²) in [6.07, 6.45) is 1.89. The van der Waals surface area contributed by atoms with E-state index < -0.39 is 0 Å². The molecule has 0 radical (unpaired) electrons. The van der Waals surface area contributed by atoms with Crippen LogP contribution in [-0.4, -0.2) is 16.1 Å². The molecule has 3 heteroatoms. The Bertz CT molecular complexity index is 528. The third-order valence-electron chi connectivity index (χ3n) is 3.41. The van der Waals surface area contributed by atoms with Crippen LogP contribution in [0.4, 0.5) is 0 Å². The fraction of sp³-hybridized carbons (Fsp3) is 0.400. The number of imidazole rings is 1. The highest BCUT2D eigenvalue weighted by Gasteiger charge is 2.07. The quantitative estimate of drug-likeness (QED) is 0.894. The van der Waals surface area contributed by atoms with Gasteiger partial charge in [0.25, 0.3) is 0 Å². The number of rotatable bonds is 4. The SMILES string of the molecule is CCNC(C)c1cccc(-n2cnc(C)c2C)c1. The summed E-state index contributed by atoms with van der Waals surface area (Å²) >= 11 is 0. The van der Waals surface area contributed by atoms with E-state index in [-0.39, 0.29) is 0 Å². The van der Waals surface area contributed by atoms with E-state index in [9.17, 15) is 0 Å². The third kappa shape index (κ3) is 2.46. The maximum atomic E-state index is 4.35. The van der Waals surface area contributed by atoms with Crippen molar-refractivity contribution in [3.05, 3.63) is 47.5 Å². The van der Waals surface area contributed by atoms with Gasteiger partial charge in [-0.3, -0.25) is 0 Å². The minimum Gasteiger partial charge on any atom is -0.310 e. The molecule has 18 heavy (non-hydrogen) atoms. The van der Waals surface area contributed by atoms with Crippen molar-refractivity contribution in [2.75, 3.05) is 6.54 Å². The number of nitrogens with one attached hydrogen (secondary N) is 1. The molecule has 0 aliphatic heterocycles. The Morgan fingerprint density at radius 1 is 1.33 bits per heavy atom.